The van der Waals surface area contributed by atoms with E-state index in [9.17, 15) is 13.9 Å². The third-order valence-corrected chi connectivity index (χ3v) is 6.91. The second kappa shape index (κ2) is 9.16. The van der Waals surface area contributed by atoms with Crippen molar-refractivity contribution < 1.29 is 13.9 Å². The third-order valence-electron chi connectivity index (χ3n) is 6.91. The highest BCUT2D eigenvalue weighted by atomic mass is 19.3. The zero-order chi connectivity index (χ0) is 24.7. The summed E-state index contributed by atoms with van der Waals surface area (Å²) in [4.78, 5) is 17.0. The van der Waals surface area contributed by atoms with Gasteiger partial charge >= 0.3 is 0 Å². The number of hydrogen-bond acceptors (Lipinski definition) is 8. The van der Waals surface area contributed by atoms with Crippen molar-refractivity contribution in [1.82, 2.24) is 20.3 Å². The highest BCUT2D eigenvalue weighted by molar-refractivity contribution is 5.98. The molecule has 0 radical (unpaired) electrons. The first-order valence-corrected chi connectivity index (χ1v) is 12.0. The summed E-state index contributed by atoms with van der Waals surface area (Å²) in [6.45, 7) is 5.91. The average molecular weight is 484 g/mol. The fourth-order valence-electron chi connectivity index (χ4n) is 4.75. The van der Waals surface area contributed by atoms with Crippen LogP contribution < -0.4 is 20.4 Å². The maximum absolute atomic E-state index is 14.0. The molecule has 10 heteroatoms. The Balaban J connectivity index is 1.42. The van der Waals surface area contributed by atoms with Gasteiger partial charge in [0.1, 0.15) is 17.7 Å². The van der Waals surface area contributed by atoms with E-state index in [4.69, 9.17) is 0 Å². The van der Waals surface area contributed by atoms with E-state index in [1.54, 1.807) is 6.07 Å². The van der Waals surface area contributed by atoms with Crippen molar-refractivity contribution in [2.24, 2.45) is 0 Å². The molecule has 186 valence electrons. The van der Waals surface area contributed by atoms with Crippen LogP contribution in [-0.4, -0.2) is 71.4 Å². The van der Waals surface area contributed by atoms with Gasteiger partial charge in [-0.15, -0.1) is 0 Å². The molecule has 2 aliphatic heterocycles. The number of nitrogens with one attached hydrogen (secondary N) is 2. The Bertz CT molecular complexity index is 1220. The van der Waals surface area contributed by atoms with Gasteiger partial charge in [-0.1, -0.05) is 19.9 Å². The predicted molar refractivity (Wildman–Crippen MR) is 134 cm³/mol. The topological polar surface area (TPSA) is 89.4 Å². The number of aromatic nitrogens is 3. The van der Waals surface area contributed by atoms with E-state index < -0.39 is 18.6 Å². The highest BCUT2D eigenvalue weighted by Crippen LogP contribution is 2.36. The SMILES string of the molecule is CNC1CN(c2ccc(C(C)C)c3cc(Nc4ccnc(N5CCC(O)C(F)(F)C5)n4)ncc23)C1. The Morgan fingerprint density at radius 1 is 1.09 bits per heavy atom. The average Bonchev–Trinajstić information content (AvgIpc) is 2.80. The first-order valence-electron chi connectivity index (χ1n) is 12.0. The summed E-state index contributed by atoms with van der Waals surface area (Å²) in [5.74, 6) is -1.57. The van der Waals surface area contributed by atoms with Gasteiger partial charge in [-0.3, -0.25) is 0 Å². The number of halogens is 2. The van der Waals surface area contributed by atoms with E-state index in [1.165, 1.54) is 22.3 Å². The van der Waals surface area contributed by atoms with Gasteiger partial charge in [-0.05, 0) is 48.5 Å². The van der Waals surface area contributed by atoms with Crippen LogP contribution in [0.25, 0.3) is 10.8 Å². The molecule has 0 bridgehead atoms. The molecule has 2 aliphatic rings. The summed E-state index contributed by atoms with van der Waals surface area (Å²) in [6.07, 6.45) is 1.75. The third kappa shape index (κ3) is 4.60. The number of rotatable bonds is 6. The second-order valence-electron chi connectivity index (χ2n) is 9.69. The lowest BCUT2D eigenvalue weighted by Gasteiger charge is -2.41. The van der Waals surface area contributed by atoms with Gasteiger partial charge in [-0.2, -0.15) is 4.98 Å². The Kier molecular flexibility index (Phi) is 6.18. The number of piperidine rings is 1. The van der Waals surface area contributed by atoms with Crippen LogP contribution in [0.1, 0.15) is 31.7 Å². The maximum Gasteiger partial charge on any atom is 0.290 e. The lowest BCUT2D eigenvalue weighted by Crippen LogP contribution is -2.57. The molecule has 3 aromatic rings. The maximum atomic E-state index is 14.0. The molecule has 1 atom stereocenters. The van der Waals surface area contributed by atoms with E-state index in [0.29, 0.717) is 23.6 Å². The van der Waals surface area contributed by atoms with E-state index >= 15 is 0 Å². The zero-order valence-corrected chi connectivity index (χ0v) is 20.2. The Labute approximate surface area is 203 Å². The van der Waals surface area contributed by atoms with Crippen LogP contribution in [-0.2, 0) is 0 Å². The normalized spacial score (nSPS) is 20.4. The Morgan fingerprint density at radius 2 is 1.89 bits per heavy atom. The van der Waals surface area contributed by atoms with Crippen molar-refractivity contribution in [3.05, 3.63) is 42.2 Å². The molecule has 0 aliphatic carbocycles. The minimum Gasteiger partial charge on any atom is -0.387 e. The lowest BCUT2D eigenvalue weighted by molar-refractivity contribution is -0.113. The van der Waals surface area contributed by atoms with Crippen LogP contribution in [0.3, 0.4) is 0 Å². The molecule has 2 fully saturated rings. The molecule has 35 heavy (non-hydrogen) atoms. The molecule has 1 unspecified atom stereocenters. The van der Waals surface area contributed by atoms with Crippen LogP contribution in [0.4, 0.5) is 32.1 Å². The molecular weight excluding hydrogens is 452 g/mol. The van der Waals surface area contributed by atoms with Crippen molar-refractivity contribution in [3.63, 3.8) is 0 Å². The van der Waals surface area contributed by atoms with Crippen molar-refractivity contribution in [1.29, 1.82) is 0 Å². The first kappa shape index (κ1) is 23.6. The zero-order valence-electron chi connectivity index (χ0n) is 20.2. The minimum absolute atomic E-state index is 0.0351. The number of aliphatic hydroxyl groups excluding tert-OH is 1. The molecule has 4 heterocycles. The predicted octanol–water partition coefficient (Wildman–Crippen LogP) is 3.51. The molecule has 5 rings (SSSR count). The van der Waals surface area contributed by atoms with E-state index in [2.05, 4.69) is 56.5 Å². The number of fused-ring (bicyclic) bond motifs is 1. The Hall–Kier alpha value is -3.11. The summed E-state index contributed by atoms with van der Waals surface area (Å²) in [6, 6.07) is 8.58. The number of anilines is 4. The van der Waals surface area contributed by atoms with Gasteiger partial charge < -0.3 is 25.5 Å². The van der Waals surface area contributed by atoms with Crippen molar-refractivity contribution in [3.8, 4) is 0 Å². The van der Waals surface area contributed by atoms with Crippen LogP contribution in [0.5, 0.6) is 0 Å². The highest BCUT2D eigenvalue weighted by Gasteiger charge is 2.44. The molecule has 2 aromatic heterocycles. The monoisotopic (exact) mass is 483 g/mol. The Morgan fingerprint density at radius 3 is 2.60 bits per heavy atom. The van der Waals surface area contributed by atoms with Gasteiger partial charge in [0.15, 0.2) is 0 Å². The van der Waals surface area contributed by atoms with Crippen LogP contribution >= 0.6 is 0 Å². The van der Waals surface area contributed by atoms with E-state index in [0.717, 1.165) is 23.9 Å². The van der Waals surface area contributed by atoms with Gasteiger partial charge in [0, 0.05) is 49.1 Å². The molecule has 1 aromatic carbocycles. The van der Waals surface area contributed by atoms with Crippen molar-refractivity contribution in [2.75, 3.05) is 48.3 Å². The standard InChI is InChI=1S/C25H31F2N7O/c1-15(2)17-4-5-20(34-12-16(13-34)28-3)19-11-30-23(10-18(17)19)31-22-6-8-29-24(32-22)33-9-7-21(35)25(26,27)14-33/h4-6,8,10-11,15-16,21,28,35H,7,9,12-14H2,1-3H3,(H,29,30,31,32). The summed E-state index contributed by atoms with van der Waals surface area (Å²) in [5, 5.41) is 18.3. The summed E-state index contributed by atoms with van der Waals surface area (Å²) >= 11 is 0. The van der Waals surface area contributed by atoms with E-state index in [1.807, 2.05) is 19.3 Å². The lowest BCUT2D eigenvalue weighted by atomic mass is 9.94. The molecule has 0 amide bonds. The quantitative estimate of drug-likeness (QED) is 0.491. The smallest absolute Gasteiger partial charge is 0.290 e. The van der Waals surface area contributed by atoms with Crippen molar-refractivity contribution in [2.45, 2.75) is 44.3 Å². The number of pyridine rings is 1. The summed E-state index contributed by atoms with van der Waals surface area (Å²) < 4.78 is 28.0. The molecular formula is C25H31F2N7O. The molecule has 8 nitrogen and oxygen atoms in total. The fourth-order valence-corrected chi connectivity index (χ4v) is 4.75. The number of nitrogens with zero attached hydrogens (tertiary/aromatic N) is 5. The van der Waals surface area contributed by atoms with Crippen LogP contribution in [0.15, 0.2) is 36.7 Å². The second-order valence-corrected chi connectivity index (χ2v) is 9.69. The first-order chi connectivity index (χ1) is 16.7. The molecule has 0 saturated carbocycles. The van der Waals surface area contributed by atoms with Crippen LogP contribution in [0, 0.1) is 0 Å². The van der Waals surface area contributed by atoms with E-state index in [-0.39, 0.29) is 18.9 Å². The van der Waals surface area contributed by atoms with Gasteiger partial charge in [-0.25, -0.2) is 18.7 Å². The number of aliphatic hydroxyl groups is 1. The number of likely N-dealkylation sites (N-methyl/N-ethyl adjacent to an activating group) is 1. The molecule has 2 saturated heterocycles. The van der Waals surface area contributed by atoms with Crippen molar-refractivity contribution >= 4 is 34.0 Å². The number of benzene rings is 1. The summed E-state index contributed by atoms with van der Waals surface area (Å²) in [7, 11) is 1.99. The van der Waals surface area contributed by atoms with Gasteiger partial charge in [0.2, 0.25) is 5.95 Å². The summed E-state index contributed by atoms with van der Waals surface area (Å²) in [5.41, 5.74) is 2.41. The number of alkyl halides is 2. The minimum atomic E-state index is -3.19. The van der Waals surface area contributed by atoms with Gasteiger partial charge in [0.05, 0.1) is 6.54 Å². The number of hydrogen-bond donors (Lipinski definition) is 3. The molecule has 3 N–H and O–H groups in total. The molecule has 0 spiro atoms. The fraction of sp³-hybridized carbons (Fsp3) is 0.480. The van der Waals surface area contributed by atoms with Gasteiger partial charge in [0.25, 0.3) is 5.92 Å². The van der Waals surface area contributed by atoms with Crippen LogP contribution in [0.2, 0.25) is 0 Å². The largest absolute Gasteiger partial charge is 0.387 e.